The highest BCUT2D eigenvalue weighted by molar-refractivity contribution is 9.13. The first-order valence-electron chi connectivity index (χ1n) is 5.57. The molecule has 20 heavy (non-hydrogen) atoms. The highest BCUT2D eigenvalue weighted by Crippen LogP contribution is 2.28. The number of anilines is 1. The molecule has 106 valence electrons. The summed E-state index contributed by atoms with van der Waals surface area (Å²) in [5.74, 6) is 0. The summed E-state index contributed by atoms with van der Waals surface area (Å²) in [5.41, 5.74) is 0.645. The summed E-state index contributed by atoms with van der Waals surface area (Å²) in [6.45, 7) is 0.499. The number of aromatic nitrogens is 1. The fourth-order valence-corrected chi connectivity index (χ4v) is 2.19. The molecule has 0 unspecified atom stereocenters. The van der Waals surface area contributed by atoms with Crippen molar-refractivity contribution in [1.29, 1.82) is 0 Å². The van der Waals surface area contributed by atoms with Crippen LogP contribution in [-0.4, -0.2) is 4.98 Å². The van der Waals surface area contributed by atoms with Crippen LogP contribution < -0.4 is 5.32 Å². The van der Waals surface area contributed by atoms with Crippen molar-refractivity contribution in [1.82, 2.24) is 4.98 Å². The lowest BCUT2D eigenvalue weighted by molar-refractivity contribution is -0.141. The summed E-state index contributed by atoms with van der Waals surface area (Å²) in [6, 6.07) is 8.06. The molecule has 7 heteroatoms. The van der Waals surface area contributed by atoms with Crippen LogP contribution in [0.1, 0.15) is 11.3 Å². The average Bonchev–Trinajstić information content (AvgIpc) is 2.40. The number of nitrogens with zero attached hydrogens (tertiary/aromatic N) is 1. The predicted octanol–water partition coefficient (Wildman–Crippen LogP) is 5.24. The first-order valence-corrected chi connectivity index (χ1v) is 7.16. The topological polar surface area (TPSA) is 24.9 Å². The first kappa shape index (κ1) is 15.3. The van der Waals surface area contributed by atoms with Crippen molar-refractivity contribution in [2.24, 2.45) is 0 Å². The maximum atomic E-state index is 12.4. The van der Waals surface area contributed by atoms with Crippen molar-refractivity contribution in [3.8, 4) is 0 Å². The molecule has 0 radical (unpaired) electrons. The van der Waals surface area contributed by atoms with Crippen molar-refractivity contribution >= 4 is 37.5 Å². The molecule has 2 nitrogen and oxygen atoms in total. The second-order valence-corrected chi connectivity index (χ2v) is 5.74. The molecule has 0 fully saturated rings. The van der Waals surface area contributed by atoms with Crippen LogP contribution in [0.5, 0.6) is 0 Å². The van der Waals surface area contributed by atoms with E-state index in [-0.39, 0.29) is 0 Å². The molecule has 1 aromatic carbocycles. The van der Waals surface area contributed by atoms with Crippen LogP contribution in [0.25, 0.3) is 0 Å². The van der Waals surface area contributed by atoms with E-state index in [4.69, 9.17) is 0 Å². The Balaban J connectivity index is 2.02. The molecule has 0 bridgehead atoms. The minimum Gasteiger partial charge on any atom is -0.380 e. The number of rotatable bonds is 3. The van der Waals surface area contributed by atoms with Gasteiger partial charge in [-0.05, 0) is 61.7 Å². The highest BCUT2D eigenvalue weighted by Gasteiger charge is 2.31. The molecule has 0 aliphatic carbocycles. The van der Waals surface area contributed by atoms with E-state index in [0.717, 1.165) is 20.6 Å². The van der Waals surface area contributed by atoms with Gasteiger partial charge in [-0.1, -0.05) is 6.07 Å². The highest BCUT2D eigenvalue weighted by atomic mass is 79.9. The van der Waals surface area contributed by atoms with Gasteiger partial charge in [0.25, 0.3) is 0 Å². The largest absolute Gasteiger partial charge is 0.433 e. The van der Waals surface area contributed by atoms with Gasteiger partial charge in [0.2, 0.25) is 0 Å². The van der Waals surface area contributed by atoms with Crippen LogP contribution in [-0.2, 0) is 12.7 Å². The van der Waals surface area contributed by atoms with Crippen molar-refractivity contribution < 1.29 is 13.2 Å². The van der Waals surface area contributed by atoms with Crippen LogP contribution in [0.15, 0.2) is 45.5 Å². The lowest BCUT2D eigenvalue weighted by Gasteiger charge is -2.09. The first-order chi connectivity index (χ1) is 9.36. The van der Waals surface area contributed by atoms with Crippen LogP contribution in [0.2, 0.25) is 0 Å². The Hall–Kier alpha value is -1.08. The molecule has 0 aliphatic heterocycles. The number of benzene rings is 1. The average molecular weight is 410 g/mol. The van der Waals surface area contributed by atoms with Crippen molar-refractivity contribution in [3.63, 3.8) is 0 Å². The number of nitrogens with one attached hydrogen (secondary N) is 1. The van der Waals surface area contributed by atoms with Gasteiger partial charge in [0.05, 0.1) is 11.9 Å². The van der Waals surface area contributed by atoms with Crippen LogP contribution >= 0.6 is 31.9 Å². The second kappa shape index (κ2) is 6.13. The molecular weight excluding hydrogens is 401 g/mol. The Morgan fingerprint density at radius 1 is 1.05 bits per heavy atom. The van der Waals surface area contributed by atoms with E-state index in [0.29, 0.717) is 12.2 Å². The zero-order valence-electron chi connectivity index (χ0n) is 10.0. The molecule has 0 saturated carbocycles. The lowest BCUT2D eigenvalue weighted by atomic mass is 10.2. The number of hydrogen-bond acceptors (Lipinski definition) is 2. The number of halogens is 5. The van der Waals surface area contributed by atoms with Gasteiger partial charge in [0, 0.05) is 15.5 Å². The van der Waals surface area contributed by atoms with Gasteiger partial charge in [-0.25, -0.2) is 4.98 Å². The fourth-order valence-electron chi connectivity index (χ4n) is 1.52. The maximum Gasteiger partial charge on any atom is 0.433 e. The van der Waals surface area contributed by atoms with Crippen molar-refractivity contribution in [3.05, 3.63) is 56.7 Å². The minimum absolute atomic E-state index is 0.499. The lowest BCUT2D eigenvalue weighted by Crippen LogP contribution is -2.08. The summed E-state index contributed by atoms with van der Waals surface area (Å²) < 4.78 is 38.9. The van der Waals surface area contributed by atoms with Crippen molar-refractivity contribution in [2.45, 2.75) is 12.7 Å². The number of hydrogen-bond donors (Lipinski definition) is 1. The third kappa shape index (κ3) is 3.96. The quantitative estimate of drug-likeness (QED) is 0.749. The van der Waals surface area contributed by atoms with Crippen LogP contribution in [0, 0.1) is 0 Å². The Morgan fingerprint density at radius 2 is 1.80 bits per heavy atom. The Bertz CT molecular complexity index is 598. The summed E-state index contributed by atoms with van der Waals surface area (Å²) in [6.07, 6.45) is -3.23. The van der Waals surface area contributed by atoms with E-state index in [2.05, 4.69) is 42.2 Å². The van der Waals surface area contributed by atoms with E-state index in [9.17, 15) is 13.2 Å². The van der Waals surface area contributed by atoms with Crippen molar-refractivity contribution in [2.75, 3.05) is 5.32 Å². The monoisotopic (exact) mass is 408 g/mol. The van der Waals surface area contributed by atoms with Gasteiger partial charge < -0.3 is 5.32 Å². The van der Waals surface area contributed by atoms with Crippen LogP contribution in [0.4, 0.5) is 18.9 Å². The van der Waals surface area contributed by atoms with Gasteiger partial charge >= 0.3 is 6.18 Å². The smallest absolute Gasteiger partial charge is 0.380 e. The molecule has 0 saturated heterocycles. The molecule has 1 heterocycles. The third-order valence-electron chi connectivity index (χ3n) is 2.53. The number of alkyl halides is 3. The normalized spacial score (nSPS) is 11.4. The molecule has 0 atom stereocenters. The molecule has 1 aromatic heterocycles. The minimum atomic E-state index is -4.41. The zero-order chi connectivity index (χ0) is 14.8. The van der Waals surface area contributed by atoms with Gasteiger partial charge in [0.1, 0.15) is 5.69 Å². The van der Waals surface area contributed by atoms with E-state index >= 15 is 0 Å². The van der Waals surface area contributed by atoms with Gasteiger partial charge in [-0.3, -0.25) is 0 Å². The van der Waals surface area contributed by atoms with Gasteiger partial charge in [0.15, 0.2) is 0 Å². The molecule has 1 N–H and O–H groups in total. The second-order valence-electron chi connectivity index (χ2n) is 4.03. The molecule has 0 spiro atoms. The summed E-state index contributed by atoms with van der Waals surface area (Å²) in [4.78, 5) is 3.39. The fraction of sp³-hybridized carbons (Fsp3) is 0.154. The molecule has 2 rings (SSSR count). The molecular formula is C13H9Br2F3N2. The molecule has 0 amide bonds. The molecule has 0 aliphatic rings. The zero-order valence-corrected chi connectivity index (χ0v) is 13.2. The van der Waals surface area contributed by atoms with Gasteiger partial charge in [-0.15, -0.1) is 0 Å². The standard InChI is InChI=1S/C13H9Br2F3N2/c14-10-3-1-8(5-11(10)15)6-19-9-2-4-12(20-7-9)13(16,17)18/h1-5,7,19H,6H2. The summed E-state index contributed by atoms with van der Waals surface area (Å²) in [5, 5.41) is 3.02. The van der Waals surface area contributed by atoms with Crippen LogP contribution in [0.3, 0.4) is 0 Å². The number of pyridine rings is 1. The maximum absolute atomic E-state index is 12.4. The van der Waals surface area contributed by atoms with E-state index in [1.807, 2.05) is 18.2 Å². The summed E-state index contributed by atoms with van der Waals surface area (Å²) >= 11 is 6.76. The third-order valence-corrected chi connectivity index (χ3v) is 4.41. The van der Waals surface area contributed by atoms with E-state index in [1.165, 1.54) is 12.3 Å². The Labute approximate surface area is 130 Å². The summed E-state index contributed by atoms with van der Waals surface area (Å²) in [7, 11) is 0. The van der Waals surface area contributed by atoms with Gasteiger partial charge in [-0.2, -0.15) is 13.2 Å². The predicted molar refractivity (Wildman–Crippen MR) is 78.4 cm³/mol. The Kier molecular flexibility index (Phi) is 4.70. The van der Waals surface area contributed by atoms with E-state index < -0.39 is 11.9 Å². The molecule has 2 aromatic rings. The Morgan fingerprint density at radius 3 is 2.35 bits per heavy atom. The van der Waals surface area contributed by atoms with E-state index in [1.54, 1.807) is 0 Å². The SMILES string of the molecule is FC(F)(F)c1ccc(NCc2ccc(Br)c(Br)c2)cn1.